The molecule has 1 aliphatic rings. The Hall–Kier alpha value is -3.13. The largest absolute Gasteiger partial charge is 0.377 e. The van der Waals surface area contributed by atoms with Crippen molar-refractivity contribution in [1.29, 1.82) is 0 Å². The number of amides is 2. The second-order valence-electron chi connectivity index (χ2n) is 7.78. The summed E-state index contributed by atoms with van der Waals surface area (Å²) in [4.78, 5) is 24.0. The molecule has 164 valence electrons. The Balaban J connectivity index is 1.76. The van der Waals surface area contributed by atoms with Crippen molar-refractivity contribution in [2.45, 2.75) is 40.3 Å². The first-order chi connectivity index (χ1) is 15.0. The van der Waals surface area contributed by atoms with Crippen LogP contribution in [0.4, 0.5) is 16.2 Å². The number of hydrogen-bond donors (Lipinski definition) is 2. The van der Waals surface area contributed by atoms with Crippen molar-refractivity contribution in [3.8, 4) is 11.3 Å². The summed E-state index contributed by atoms with van der Waals surface area (Å²) in [6.45, 7) is 11.8. The molecule has 8 heteroatoms. The molecular weight excluding hydrogens is 392 g/mol. The molecule has 1 atom stereocenters. The summed E-state index contributed by atoms with van der Waals surface area (Å²) in [5, 5.41) is 5.57. The van der Waals surface area contributed by atoms with E-state index in [1.807, 2.05) is 38.1 Å². The van der Waals surface area contributed by atoms with Crippen molar-refractivity contribution in [2.24, 2.45) is 0 Å². The van der Waals surface area contributed by atoms with Crippen LogP contribution in [0.3, 0.4) is 0 Å². The Morgan fingerprint density at radius 2 is 2.00 bits per heavy atom. The van der Waals surface area contributed by atoms with Gasteiger partial charge in [-0.25, -0.2) is 14.8 Å². The first kappa shape index (κ1) is 21.1. The molecule has 1 fully saturated rings. The van der Waals surface area contributed by atoms with Crippen LogP contribution in [0.5, 0.6) is 0 Å². The van der Waals surface area contributed by atoms with Gasteiger partial charge >= 0.3 is 6.03 Å². The molecule has 0 spiro atoms. The Morgan fingerprint density at radius 1 is 1.23 bits per heavy atom. The number of aromatic nitrogens is 3. The van der Waals surface area contributed by atoms with E-state index in [0.29, 0.717) is 19.8 Å². The Labute approximate surface area is 182 Å². The molecule has 31 heavy (non-hydrogen) atoms. The number of nitrogens with one attached hydrogen (secondary N) is 2. The van der Waals surface area contributed by atoms with Gasteiger partial charge in [0.25, 0.3) is 0 Å². The highest BCUT2D eigenvalue weighted by molar-refractivity contribution is 5.91. The average Bonchev–Trinajstić information content (AvgIpc) is 3.09. The number of pyridine rings is 1. The second kappa shape index (κ2) is 8.93. The minimum atomic E-state index is -0.208. The van der Waals surface area contributed by atoms with Crippen molar-refractivity contribution in [2.75, 3.05) is 36.5 Å². The van der Waals surface area contributed by atoms with E-state index >= 15 is 0 Å². The predicted octanol–water partition coefficient (Wildman–Crippen LogP) is 3.79. The molecule has 1 aromatic carbocycles. The van der Waals surface area contributed by atoms with E-state index in [2.05, 4.69) is 40.0 Å². The van der Waals surface area contributed by atoms with Gasteiger partial charge < -0.3 is 24.8 Å². The van der Waals surface area contributed by atoms with E-state index in [0.717, 1.165) is 52.7 Å². The summed E-state index contributed by atoms with van der Waals surface area (Å²) >= 11 is 0. The summed E-state index contributed by atoms with van der Waals surface area (Å²) < 4.78 is 7.80. The SMILES string of the molecule is CCNC(=O)Nc1ccc(-c2cc(N3CCOC[C@@H]3C)c3nc(C)n(CC)c3n2)cc1. The number of hydrogen-bond acceptors (Lipinski definition) is 5. The fourth-order valence-corrected chi connectivity index (χ4v) is 4.07. The lowest BCUT2D eigenvalue weighted by atomic mass is 10.1. The number of aryl methyl sites for hydroxylation is 2. The van der Waals surface area contributed by atoms with Gasteiger partial charge in [-0.3, -0.25) is 0 Å². The fourth-order valence-electron chi connectivity index (χ4n) is 4.07. The van der Waals surface area contributed by atoms with Crippen LogP contribution in [-0.4, -0.2) is 52.9 Å². The van der Waals surface area contributed by atoms with Crippen LogP contribution in [0, 0.1) is 6.92 Å². The molecule has 0 radical (unpaired) electrons. The quantitative estimate of drug-likeness (QED) is 0.653. The molecule has 0 unspecified atom stereocenters. The Bertz CT molecular complexity index is 1080. The smallest absolute Gasteiger partial charge is 0.319 e. The number of urea groups is 1. The van der Waals surface area contributed by atoms with Crippen LogP contribution in [0.15, 0.2) is 30.3 Å². The lowest BCUT2D eigenvalue weighted by Crippen LogP contribution is -2.43. The predicted molar refractivity (Wildman–Crippen MR) is 124 cm³/mol. The summed E-state index contributed by atoms with van der Waals surface area (Å²) in [6, 6.07) is 9.96. The van der Waals surface area contributed by atoms with Crippen LogP contribution >= 0.6 is 0 Å². The maximum Gasteiger partial charge on any atom is 0.319 e. The van der Waals surface area contributed by atoms with Crippen molar-refractivity contribution in [3.63, 3.8) is 0 Å². The van der Waals surface area contributed by atoms with Crippen LogP contribution in [0.1, 0.15) is 26.6 Å². The Morgan fingerprint density at radius 3 is 2.68 bits per heavy atom. The molecule has 2 N–H and O–H groups in total. The highest BCUT2D eigenvalue weighted by Gasteiger charge is 2.24. The zero-order chi connectivity index (χ0) is 22.0. The second-order valence-corrected chi connectivity index (χ2v) is 7.78. The van der Waals surface area contributed by atoms with Gasteiger partial charge in [-0.05, 0) is 45.9 Å². The van der Waals surface area contributed by atoms with E-state index in [-0.39, 0.29) is 12.1 Å². The third kappa shape index (κ3) is 4.20. The lowest BCUT2D eigenvalue weighted by Gasteiger charge is -2.35. The fraction of sp³-hybridized carbons (Fsp3) is 0.435. The number of rotatable bonds is 5. The summed E-state index contributed by atoms with van der Waals surface area (Å²) in [6.07, 6.45) is 0. The van der Waals surface area contributed by atoms with E-state index in [1.54, 1.807) is 0 Å². The molecule has 3 aromatic rings. The molecule has 8 nitrogen and oxygen atoms in total. The van der Waals surface area contributed by atoms with Gasteiger partial charge in [0.2, 0.25) is 0 Å². The number of nitrogens with zero attached hydrogens (tertiary/aromatic N) is 4. The number of ether oxygens (including phenoxy) is 1. The third-order valence-corrected chi connectivity index (χ3v) is 5.64. The number of fused-ring (bicyclic) bond motifs is 1. The van der Waals surface area contributed by atoms with Crippen LogP contribution in [0.2, 0.25) is 0 Å². The number of anilines is 2. The third-order valence-electron chi connectivity index (χ3n) is 5.64. The van der Waals surface area contributed by atoms with E-state index in [1.165, 1.54) is 0 Å². The summed E-state index contributed by atoms with van der Waals surface area (Å²) in [5.41, 5.74) is 5.55. The molecular formula is C23H30N6O2. The molecule has 3 heterocycles. The van der Waals surface area contributed by atoms with Gasteiger partial charge in [0.1, 0.15) is 11.3 Å². The normalized spacial score (nSPS) is 16.5. The van der Waals surface area contributed by atoms with Gasteiger partial charge in [0.15, 0.2) is 5.65 Å². The summed E-state index contributed by atoms with van der Waals surface area (Å²) in [7, 11) is 0. The average molecular weight is 423 g/mol. The molecule has 0 bridgehead atoms. The first-order valence-corrected chi connectivity index (χ1v) is 10.9. The topological polar surface area (TPSA) is 84.3 Å². The molecule has 1 saturated heterocycles. The maximum atomic E-state index is 11.8. The van der Waals surface area contributed by atoms with Crippen LogP contribution < -0.4 is 15.5 Å². The minimum absolute atomic E-state index is 0.208. The van der Waals surface area contributed by atoms with E-state index in [9.17, 15) is 4.79 Å². The zero-order valence-corrected chi connectivity index (χ0v) is 18.6. The van der Waals surface area contributed by atoms with Crippen LogP contribution in [-0.2, 0) is 11.3 Å². The van der Waals surface area contributed by atoms with Gasteiger partial charge in [0.05, 0.1) is 24.6 Å². The molecule has 2 aromatic heterocycles. The van der Waals surface area contributed by atoms with Gasteiger partial charge in [-0.2, -0.15) is 0 Å². The number of carbonyl (C=O) groups excluding carboxylic acids is 1. The number of imidazole rings is 1. The Kier molecular flexibility index (Phi) is 6.08. The minimum Gasteiger partial charge on any atom is -0.377 e. The summed E-state index contributed by atoms with van der Waals surface area (Å²) in [5.74, 6) is 0.964. The zero-order valence-electron chi connectivity index (χ0n) is 18.6. The van der Waals surface area contributed by atoms with E-state index < -0.39 is 0 Å². The molecule has 0 saturated carbocycles. The van der Waals surface area contributed by atoms with Crippen molar-refractivity contribution in [1.82, 2.24) is 19.9 Å². The number of benzene rings is 1. The highest BCUT2D eigenvalue weighted by atomic mass is 16.5. The maximum absolute atomic E-state index is 11.8. The van der Waals surface area contributed by atoms with Crippen molar-refractivity contribution >= 4 is 28.6 Å². The highest BCUT2D eigenvalue weighted by Crippen LogP contribution is 2.33. The van der Waals surface area contributed by atoms with Crippen LogP contribution in [0.25, 0.3) is 22.4 Å². The first-order valence-electron chi connectivity index (χ1n) is 10.9. The molecule has 1 aliphatic heterocycles. The van der Waals surface area contributed by atoms with Gasteiger partial charge in [-0.1, -0.05) is 12.1 Å². The monoisotopic (exact) mass is 422 g/mol. The van der Waals surface area contributed by atoms with Crippen molar-refractivity contribution in [3.05, 3.63) is 36.2 Å². The molecule has 2 amide bonds. The molecule has 4 rings (SSSR count). The van der Waals surface area contributed by atoms with Crippen molar-refractivity contribution < 1.29 is 9.53 Å². The molecule has 0 aliphatic carbocycles. The number of carbonyl (C=O) groups is 1. The van der Waals surface area contributed by atoms with Gasteiger partial charge in [0, 0.05) is 36.9 Å². The number of morpholine rings is 1. The van der Waals surface area contributed by atoms with Gasteiger partial charge in [-0.15, -0.1) is 0 Å². The standard InChI is InChI=1S/C23H30N6O2/c1-5-24-23(30)26-18-9-7-17(8-10-18)19-13-20(29-11-12-31-14-15(29)3)21-22(27-19)28(6-2)16(4)25-21/h7-10,13,15H,5-6,11-12,14H2,1-4H3,(H2,24,26,30)/t15-/m0/s1. The lowest BCUT2D eigenvalue weighted by molar-refractivity contribution is 0.0991. The van der Waals surface area contributed by atoms with E-state index in [4.69, 9.17) is 14.7 Å².